The van der Waals surface area contributed by atoms with Crippen LogP contribution in [0.4, 0.5) is 5.69 Å². The first-order chi connectivity index (χ1) is 15.2. The number of amides is 4. The van der Waals surface area contributed by atoms with Gasteiger partial charge in [-0.1, -0.05) is 20.8 Å². The fourth-order valence-electron chi connectivity index (χ4n) is 3.99. The van der Waals surface area contributed by atoms with Gasteiger partial charge in [0.1, 0.15) is 18.7 Å². The van der Waals surface area contributed by atoms with Gasteiger partial charge >= 0.3 is 5.97 Å². The zero-order chi connectivity index (χ0) is 23.6. The molecule has 1 unspecified atom stereocenters. The number of nitrogens with two attached hydrogens (primary N) is 1. The van der Waals surface area contributed by atoms with E-state index in [1.165, 1.54) is 18.2 Å². The summed E-state index contributed by atoms with van der Waals surface area (Å²) in [5.74, 6) is -2.75. The van der Waals surface area contributed by atoms with Gasteiger partial charge in [-0.15, -0.1) is 0 Å². The maximum atomic E-state index is 13.0. The summed E-state index contributed by atoms with van der Waals surface area (Å²) in [6.45, 7) is 5.92. The summed E-state index contributed by atoms with van der Waals surface area (Å²) in [5.41, 5.74) is 6.37. The molecule has 2 heterocycles. The number of hydrogen-bond acceptors (Lipinski definition) is 8. The van der Waals surface area contributed by atoms with Crippen LogP contribution in [-0.2, 0) is 19.1 Å². The van der Waals surface area contributed by atoms with Crippen LogP contribution in [0.1, 0.15) is 54.3 Å². The number of nitrogens with one attached hydrogen (secondary N) is 1. The van der Waals surface area contributed by atoms with Crippen molar-refractivity contribution < 1.29 is 28.7 Å². The van der Waals surface area contributed by atoms with Crippen molar-refractivity contribution in [2.75, 3.05) is 25.4 Å². The van der Waals surface area contributed by atoms with E-state index in [0.29, 0.717) is 12.2 Å². The van der Waals surface area contributed by atoms with Gasteiger partial charge in [0, 0.05) is 12.1 Å². The number of ether oxygens (including phenoxy) is 1. The fraction of sp³-hybridized carbons (Fsp3) is 0.500. The van der Waals surface area contributed by atoms with Gasteiger partial charge < -0.3 is 15.8 Å². The van der Waals surface area contributed by atoms with Crippen molar-refractivity contribution in [3.05, 3.63) is 29.3 Å². The summed E-state index contributed by atoms with van der Waals surface area (Å²) in [6.07, 6.45) is 0.0383. The number of likely N-dealkylation sites (tertiary alicyclic amines) is 1. The second-order valence-corrected chi connectivity index (χ2v) is 8.17. The molecule has 0 radical (unpaired) electrons. The number of benzene rings is 1. The Balaban J connectivity index is 1.68. The van der Waals surface area contributed by atoms with E-state index in [0.717, 1.165) is 9.80 Å². The molecule has 10 nitrogen and oxygen atoms in total. The minimum absolute atomic E-state index is 0.00735. The van der Waals surface area contributed by atoms with Crippen molar-refractivity contribution in [1.82, 2.24) is 15.1 Å². The van der Waals surface area contributed by atoms with Gasteiger partial charge in [-0.05, 0) is 37.1 Å². The van der Waals surface area contributed by atoms with Crippen LogP contribution in [0.2, 0.25) is 0 Å². The molecule has 1 aromatic carbocycles. The van der Waals surface area contributed by atoms with Gasteiger partial charge in [-0.25, -0.2) is 0 Å². The summed E-state index contributed by atoms with van der Waals surface area (Å²) < 4.78 is 5.28. The highest BCUT2D eigenvalue weighted by molar-refractivity contribution is 6.23. The first-order valence-electron chi connectivity index (χ1n) is 10.7. The molecular weight excluding hydrogens is 416 g/mol. The molecule has 10 heteroatoms. The Morgan fingerprint density at radius 1 is 1.19 bits per heavy atom. The molecule has 1 fully saturated rings. The van der Waals surface area contributed by atoms with Crippen LogP contribution >= 0.6 is 0 Å². The molecule has 1 saturated heterocycles. The maximum Gasteiger partial charge on any atom is 0.323 e. The second kappa shape index (κ2) is 9.47. The van der Waals surface area contributed by atoms with Crippen molar-refractivity contribution in [3.63, 3.8) is 0 Å². The number of anilines is 1. The van der Waals surface area contributed by atoms with E-state index >= 15 is 0 Å². The Bertz CT molecular complexity index is 960. The number of nitrogen functional groups attached to an aromatic ring is 1. The minimum atomic E-state index is -1.10. The largest absolute Gasteiger partial charge is 0.463 e. The summed E-state index contributed by atoms with van der Waals surface area (Å²) in [4.78, 5) is 65.2. The van der Waals surface area contributed by atoms with Crippen LogP contribution in [0.5, 0.6) is 0 Å². The Labute approximate surface area is 186 Å². The van der Waals surface area contributed by atoms with Gasteiger partial charge in [-0.2, -0.15) is 0 Å². The average Bonchev–Trinajstić information content (AvgIpc) is 2.98. The third kappa shape index (κ3) is 4.36. The van der Waals surface area contributed by atoms with E-state index in [9.17, 15) is 24.0 Å². The number of piperidine rings is 1. The predicted molar refractivity (Wildman–Crippen MR) is 114 cm³/mol. The molecule has 4 amide bonds. The number of hydrogen-bond donors (Lipinski definition) is 2. The highest BCUT2D eigenvalue weighted by Crippen LogP contribution is 2.30. The number of imide groups is 2. The van der Waals surface area contributed by atoms with Crippen molar-refractivity contribution in [2.24, 2.45) is 5.92 Å². The number of carbonyl (C=O) groups excluding carboxylic acids is 5. The van der Waals surface area contributed by atoms with E-state index in [-0.39, 0.29) is 43.0 Å². The first-order valence-corrected chi connectivity index (χ1v) is 10.7. The van der Waals surface area contributed by atoms with Gasteiger partial charge in [-0.3, -0.25) is 33.8 Å². The Morgan fingerprint density at radius 3 is 2.53 bits per heavy atom. The molecule has 2 aliphatic heterocycles. The number of nitrogens with zero attached hydrogens (tertiary/aromatic N) is 2. The highest BCUT2D eigenvalue weighted by Gasteiger charge is 2.47. The van der Waals surface area contributed by atoms with Crippen molar-refractivity contribution >= 4 is 35.3 Å². The molecule has 0 saturated carbocycles. The predicted octanol–water partition coefficient (Wildman–Crippen LogP) is 0.560. The van der Waals surface area contributed by atoms with Crippen LogP contribution in [0.15, 0.2) is 18.2 Å². The molecule has 2 atom stereocenters. The Hall–Kier alpha value is -3.27. The van der Waals surface area contributed by atoms with E-state index in [2.05, 4.69) is 5.32 Å². The lowest BCUT2D eigenvalue weighted by atomic mass is 10.0. The SMILES string of the molecule is CCN[C@H](C(=O)OCCN1C(=O)CCC(N2C(=O)c3ccc(N)cc3C2=O)C1=O)C(C)C. The number of esters is 1. The van der Waals surface area contributed by atoms with Gasteiger partial charge in [0.25, 0.3) is 17.7 Å². The normalized spacial score (nSPS) is 19.6. The van der Waals surface area contributed by atoms with Gasteiger partial charge in [0.2, 0.25) is 5.91 Å². The molecule has 0 spiro atoms. The smallest absolute Gasteiger partial charge is 0.323 e. The molecular formula is C22H28N4O6. The van der Waals surface area contributed by atoms with Crippen molar-refractivity contribution in [1.29, 1.82) is 0 Å². The first kappa shape index (κ1) is 23.4. The second-order valence-electron chi connectivity index (χ2n) is 8.17. The number of likely N-dealkylation sites (N-methyl/N-ethyl adjacent to an activating group) is 1. The number of fused-ring (bicyclic) bond motifs is 1. The number of rotatable bonds is 8. The molecule has 172 valence electrons. The zero-order valence-electron chi connectivity index (χ0n) is 18.4. The van der Waals surface area contributed by atoms with Gasteiger partial charge in [0.15, 0.2) is 0 Å². The van der Waals surface area contributed by atoms with E-state index in [1.807, 2.05) is 20.8 Å². The molecule has 0 aliphatic carbocycles. The van der Waals surface area contributed by atoms with Crippen LogP contribution in [0.25, 0.3) is 0 Å². The van der Waals surface area contributed by atoms with E-state index in [1.54, 1.807) is 0 Å². The molecule has 2 aliphatic rings. The number of carbonyl (C=O) groups is 5. The van der Waals surface area contributed by atoms with E-state index in [4.69, 9.17) is 10.5 Å². The topological polar surface area (TPSA) is 139 Å². The maximum absolute atomic E-state index is 13.0. The van der Waals surface area contributed by atoms with E-state index < -0.39 is 41.7 Å². The molecule has 32 heavy (non-hydrogen) atoms. The molecule has 0 aromatic heterocycles. The Kier molecular flexibility index (Phi) is 6.93. The lowest BCUT2D eigenvalue weighted by molar-refractivity contribution is -0.156. The summed E-state index contributed by atoms with van der Waals surface area (Å²) in [5, 5.41) is 3.04. The summed E-state index contributed by atoms with van der Waals surface area (Å²) in [6, 6.07) is 2.78. The third-order valence-corrected chi connectivity index (χ3v) is 5.64. The lowest BCUT2D eigenvalue weighted by Gasteiger charge is -2.34. The van der Waals surface area contributed by atoms with Crippen LogP contribution in [-0.4, -0.2) is 71.2 Å². The lowest BCUT2D eigenvalue weighted by Crippen LogP contribution is -2.56. The summed E-state index contributed by atoms with van der Waals surface area (Å²) >= 11 is 0. The molecule has 1 aromatic rings. The monoisotopic (exact) mass is 444 g/mol. The third-order valence-electron chi connectivity index (χ3n) is 5.64. The van der Waals surface area contributed by atoms with Crippen LogP contribution < -0.4 is 11.1 Å². The molecule has 3 N–H and O–H groups in total. The Morgan fingerprint density at radius 2 is 1.88 bits per heavy atom. The molecule has 0 bridgehead atoms. The summed E-state index contributed by atoms with van der Waals surface area (Å²) in [7, 11) is 0. The van der Waals surface area contributed by atoms with Crippen LogP contribution in [0, 0.1) is 5.92 Å². The minimum Gasteiger partial charge on any atom is -0.463 e. The van der Waals surface area contributed by atoms with Crippen molar-refractivity contribution in [3.8, 4) is 0 Å². The fourth-order valence-corrected chi connectivity index (χ4v) is 3.99. The van der Waals surface area contributed by atoms with Crippen molar-refractivity contribution in [2.45, 2.75) is 45.7 Å². The quantitative estimate of drug-likeness (QED) is 0.337. The highest BCUT2D eigenvalue weighted by atomic mass is 16.5. The standard InChI is InChI=1S/C22H28N4O6/c1-4-24-18(12(2)3)22(31)32-10-9-25-17(27)8-7-16(21(25)30)26-19(28)14-6-5-13(23)11-15(14)20(26)29/h5-6,11-12,16,18,24H,4,7-10,23H2,1-3H3/t16?,18-/m0/s1. The molecule has 3 rings (SSSR count). The van der Waals surface area contributed by atoms with Crippen LogP contribution in [0.3, 0.4) is 0 Å². The zero-order valence-corrected chi connectivity index (χ0v) is 18.4. The van der Waals surface area contributed by atoms with Gasteiger partial charge in [0.05, 0.1) is 17.7 Å². The average molecular weight is 444 g/mol.